The zero-order chi connectivity index (χ0) is 15.1. The molecule has 0 bridgehead atoms. The van der Waals surface area contributed by atoms with E-state index in [-0.39, 0.29) is 11.8 Å². The van der Waals surface area contributed by atoms with Gasteiger partial charge in [-0.25, -0.2) is 4.79 Å². The topological polar surface area (TPSA) is 67.4 Å². The highest BCUT2D eigenvalue weighted by Crippen LogP contribution is 2.23. The van der Waals surface area contributed by atoms with E-state index in [0.717, 1.165) is 31.2 Å². The van der Waals surface area contributed by atoms with Gasteiger partial charge in [0.1, 0.15) is 0 Å². The van der Waals surface area contributed by atoms with Gasteiger partial charge in [-0.3, -0.25) is 10.1 Å². The second-order valence-corrected chi connectivity index (χ2v) is 5.37. The van der Waals surface area contributed by atoms with Gasteiger partial charge in [0.25, 0.3) is 0 Å². The molecule has 5 heteroatoms. The number of benzene rings is 1. The van der Waals surface area contributed by atoms with Crippen LogP contribution in [0.15, 0.2) is 24.3 Å². The molecule has 1 aliphatic carbocycles. The molecule has 2 amide bonds. The molecule has 1 aromatic rings. The van der Waals surface area contributed by atoms with Crippen molar-refractivity contribution in [2.24, 2.45) is 5.92 Å². The summed E-state index contributed by atoms with van der Waals surface area (Å²) in [5.41, 5.74) is 1.68. The Morgan fingerprint density at radius 3 is 2.43 bits per heavy atom. The third kappa shape index (κ3) is 4.77. The number of anilines is 1. The van der Waals surface area contributed by atoms with Crippen molar-refractivity contribution in [1.82, 2.24) is 5.32 Å². The first-order chi connectivity index (χ1) is 10.2. The summed E-state index contributed by atoms with van der Waals surface area (Å²) >= 11 is 0. The molecular formula is C16H22N2O3. The maximum atomic E-state index is 12.0. The molecule has 1 fully saturated rings. The lowest BCUT2D eigenvalue weighted by molar-refractivity contribution is -0.126. The summed E-state index contributed by atoms with van der Waals surface area (Å²) in [4.78, 5) is 23.1. The van der Waals surface area contributed by atoms with E-state index in [1.54, 1.807) is 12.1 Å². The van der Waals surface area contributed by atoms with Crippen LogP contribution in [0.25, 0.3) is 0 Å². The van der Waals surface area contributed by atoms with Crippen molar-refractivity contribution >= 4 is 17.7 Å². The molecule has 0 atom stereocenters. The van der Waals surface area contributed by atoms with Crippen molar-refractivity contribution in [2.75, 3.05) is 12.4 Å². The van der Waals surface area contributed by atoms with Crippen LogP contribution in [-0.2, 0) is 16.1 Å². The highest BCUT2D eigenvalue weighted by atomic mass is 16.5. The Bertz CT molecular complexity index is 479. The van der Waals surface area contributed by atoms with Crippen LogP contribution < -0.4 is 10.6 Å². The molecule has 2 rings (SSSR count). The quantitative estimate of drug-likeness (QED) is 0.895. The van der Waals surface area contributed by atoms with Gasteiger partial charge in [0, 0.05) is 18.2 Å². The Kier molecular flexibility index (Phi) is 5.60. The molecule has 21 heavy (non-hydrogen) atoms. The molecule has 1 aliphatic rings. The van der Waals surface area contributed by atoms with Gasteiger partial charge in [-0.05, 0) is 30.5 Å². The lowest BCUT2D eigenvalue weighted by Crippen LogP contribution is -2.31. The summed E-state index contributed by atoms with van der Waals surface area (Å²) < 4.78 is 4.52. The highest BCUT2D eigenvalue weighted by molar-refractivity contribution is 5.84. The Morgan fingerprint density at radius 1 is 1.14 bits per heavy atom. The van der Waals surface area contributed by atoms with Crippen LogP contribution in [0.4, 0.5) is 10.5 Å². The molecule has 0 aromatic heterocycles. The lowest BCUT2D eigenvalue weighted by Gasteiger charge is -2.20. The summed E-state index contributed by atoms with van der Waals surface area (Å²) in [5, 5.41) is 5.58. The van der Waals surface area contributed by atoms with Crippen LogP contribution in [0.1, 0.15) is 37.7 Å². The number of amides is 2. The second kappa shape index (κ2) is 7.67. The van der Waals surface area contributed by atoms with Crippen molar-refractivity contribution in [3.05, 3.63) is 29.8 Å². The number of nitrogens with one attached hydrogen (secondary N) is 2. The Labute approximate surface area is 125 Å². The van der Waals surface area contributed by atoms with Crippen LogP contribution >= 0.6 is 0 Å². The van der Waals surface area contributed by atoms with Crippen LogP contribution in [0.5, 0.6) is 0 Å². The van der Waals surface area contributed by atoms with Crippen LogP contribution in [0.2, 0.25) is 0 Å². The number of hydrogen-bond donors (Lipinski definition) is 2. The first kappa shape index (κ1) is 15.4. The maximum Gasteiger partial charge on any atom is 0.411 e. The molecule has 1 saturated carbocycles. The smallest absolute Gasteiger partial charge is 0.411 e. The first-order valence-electron chi connectivity index (χ1n) is 7.40. The third-order valence-corrected chi connectivity index (χ3v) is 3.83. The minimum atomic E-state index is -0.492. The summed E-state index contributed by atoms with van der Waals surface area (Å²) in [6, 6.07) is 7.34. The third-order valence-electron chi connectivity index (χ3n) is 3.83. The van der Waals surface area contributed by atoms with Crippen LogP contribution in [0, 0.1) is 5.92 Å². The molecule has 114 valence electrons. The summed E-state index contributed by atoms with van der Waals surface area (Å²) in [7, 11) is 1.32. The van der Waals surface area contributed by atoms with Gasteiger partial charge in [-0.15, -0.1) is 0 Å². The fourth-order valence-electron chi connectivity index (χ4n) is 2.57. The second-order valence-electron chi connectivity index (χ2n) is 5.37. The number of carbonyl (C=O) groups is 2. The van der Waals surface area contributed by atoms with E-state index in [1.807, 2.05) is 12.1 Å². The largest absolute Gasteiger partial charge is 0.453 e. The van der Waals surface area contributed by atoms with E-state index in [0.29, 0.717) is 12.2 Å². The zero-order valence-electron chi connectivity index (χ0n) is 12.4. The van der Waals surface area contributed by atoms with E-state index < -0.39 is 6.09 Å². The summed E-state index contributed by atoms with van der Waals surface area (Å²) in [5.74, 6) is 0.338. The number of carbonyl (C=O) groups excluding carboxylic acids is 2. The molecule has 1 aromatic carbocycles. The standard InChI is InChI=1S/C16H22N2O3/c1-21-16(20)18-14-9-7-12(8-10-14)11-17-15(19)13-5-3-2-4-6-13/h7-10,13H,2-6,11H2,1H3,(H,17,19)(H,18,20). The predicted molar refractivity (Wildman–Crippen MR) is 80.9 cm³/mol. The van der Waals surface area contributed by atoms with Crippen LogP contribution in [0.3, 0.4) is 0 Å². The Morgan fingerprint density at radius 2 is 1.81 bits per heavy atom. The Balaban J connectivity index is 1.80. The monoisotopic (exact) mass is 290 g/mol. The number of methoxy groups -OCH3 is 1. The van der Waals surface area contributed by atoms with Crippen molar-refractivity contribution in [1.29, 1.82) is 0 Å². The van der Waals surface area contributed by atoms with Gasteiger partial charge in [-0.2, -0.15) is 0 Å². The Hall–Kier alpha value is -2.04. The van der Waals surface area contributed by atoms with E-state index in [9.17, 15) is 9.59 Å². The molecule has 5 nitrogen and oxygen atoms in total. The SMILES string of the molecule is COC(=O)Nc1ccc(CNC(=O)C2CCCCC2)cc1. The van der Waals surface area contributed by atoms with Crippen molar-refractivity contribution in [3.8, 4) is 0 Å². The van der Waals surface area contributed by atoms with Gasteiger partial charge in [-0.1, -0.05) is 31.4 Å². The minimum Gasteiger partial charge on any atom is -0.453 e. The number of rotatable bonds is 4. The van der Waals surface area contributed by atoms with Crippen LogP contribution in [-0.4, -0.2) is 19.1 Å². The molecule has 0 spiro atoms. The molecule has 0 unspecified atom stereocenters. The van der Waals surface area contributed by atoms with Gasteiger partial charge in [0.2, 0.25) is 5.91 Å². The molecule has 0 aliphatic heterocycles. The van der Waals surface area contributed by atoms with Gasteiger partial charge < -0.3 is 10.1 Å². The van der Waals surface area contributed by atoms with E-state index >= 15 is 0 Å². The van der Waals surface area contributed by atoms with E-state index in [4.69, 9.17) is 0 Å². The maximum absolute atomic E-state index is 12.0. The summed E-state index contributed by atoms with van der Waals surface area (Å²) in [6.07, 6.45) is 5.09. The number of hydrogen-bond acceptors (Lipinski definition) is 3. The van der Waals surface area contributed by atoms with Gasteiger partial charge in [0.15, 0.2) is 0 Å². The normalized spacial score (nSPS) is 15.3. The highest BCUT2D eigenvalue weighted by Gasteiger charge is 2.20. The fourth-order valence-corrected chi connectivity index (χ4v) is 2.57. The van der Waals surface area contributed by atoms with Crippen molar-refractivity contribution in [2.45, 2.75) is 38.6 Å². The van der Waals surface area contributed by atoms with Crippen molar-refractivity contribution < 1.29 is 14.3 Å². The van der Waals surface area contributed by atoms with Gasteiger partial charge >= 0.3 is 6.09 Å². The van der Waals surface area contributed by atoms with Gasteiger partial charge in [0.05, 0.1) is 7.11 Å². The first-order valence-corrected chi connectivity index (χ1v) is 7.40. The molecule has 0 saturated heterocycles. The lowest BCUT2D eigenvalue weighted by atomic mass is 9.88. The molecular weight excluding hydrogens is 268 g/mol. The zero-order valence-corrected chi connectivity index (χ0v) is 12.4. The van der Waals surface area contributed by atoms with Crippen molar-refractivity contribution in [3.63, 3.8) is 0 Å². The predicted octanol–water partition coefficient (Wildman–Crippen LogP) is 3.06. The number of ether oxygens (including phenoxy) is 1. The molecule has 0 heterocycles. The molecule has 2 N–H and O–H groups in total. The average Bonchev–Trinajstić information content (AvgIpc) is 2.54. The summed E-state index contributed by atoms with van der Waals surface area (Å²) in [6.45, 7) is 0.522. The minimum absolute atomic E-state index is 0.159. The van der Waals surface area contributed by atoms with E-state index in [2.05, 4.69) is 15.4 Å². The molecule has 0 radical (unpaired) electrons. The average molecular weight is 290 g/mol. The fraction of sp³-hybridized carbons (Fsp3) is 0.500. The van der Waals surface area contributed by atoms with E-state index in [1.165, 1.54) is 13.5 Å².